The molecule has 0 radical (unpaired) electrons. The first-order chi connectivity index (χ1) is 9.17. The molecular formula is C16H25NO2. The molecule has 0 aliphatic rings. The van der Waals surface area contributed by atoms with E-state index < -0.39 is 0 Å². The molecule has 1 unspecified atom stereocenters. The lowest BCUT2D eigenvalue weighted by atomic mass is 10.1. The van der Waals surface area contributed by atoms with Crippen LogP contribution in [-0.2, 0) is 4.74 Å². The number of carbonyl (C=O) groups excluding carboxylic acids is 1. The minimum atomic E-state index is -0.226. The maximum absolute atomic E-state index is 11.7. The third-order valence-corrected chi connectivity index (χ3v) is 3.32. The smallest absolute Gasteiger partial charge is 0.338 e. The average molecular weight is 263 g/mol. The van der Waals surface area contributed by atoms with Gasteiger partial charge in [0.25, 0.3) is 0 Å². The molecule has 0 aromatic heterocycles. The second-order valence-corrected chi connectivity index (χ2v) is 4.88. The van der Waals surface area contributed by atoms with E-state index in [4.69, 9.17) is 4.74 Å². The summed E-state index contributed by atoms with van der Waals surface area (Å²) in [6.45, 7) is 10.3. The molecule has 1 aromatic rings. The lowest BCUT2D eigenvalue weighted by Gasteiger charge is -2.22. The van der Waals surface area contributed by atoms with Gasteiger partial charge in [-0.3, -0.25) is 0 Å². The van der Waals surface area contributed by atoms with E-state index in [1.807, 2.05) is 18.2 Å². The van der Waals surface area contributed by atoms with Crippen LogP contribution in [0.25, 0.3) is 0 Å². The van der Waals surface area contributed by atoms with Gasteiger partial charge in [0.15, 0.2) is 0 Å². The van der Waals surface area contributed by atoms with E-state index in [2.05, 4.69) is 25.7 Å². The molecule has 3 heteroatoms. The Hall–Kier alpha value is -1.35. The number of benzene rings is 1. The lowest BCUT2D eigenvalue weighted by Crippen LogP contribution is -2.28. The summed E-state index contributed by atoms with van der Waals surface area (Å²) in [6.07, 6.45) is 0.912. The van der Waals surface area contributed by atoms with Crippen LogP contribution in [0.4, 0.5) is 0 Å². The fraction of sp³-hybridized carbons (Fsp3) is 0.562. The van der Waals surface area contributed by atoms with Gasteiger partial charge < -0.3 is 9.64 Å². The molecule has 1 atom stereocenters. The summed E-state index contributed by atoms with van der Waals surface area (Å²) in [6, 6.07) is 9.14. The van der Waals surface area contributed by atoms with Crippen molar-refractivity contribution in [2.45, 2.75) is 27.2 Å². The average Bonchev–Trinajstić information content (AvgIpc) is 2.45. The van der Waals surface area contributed by atoms with Crippen LogP contribution in [0.2, 0.25) is 0 Å². The van der Waals surface area contributed by atoms with E-state index in [0.717, 1.165) is 26.1 Å². The summed E-state index contributed by atoms with van der Waals surface area (Å²) in [7, 11) is 0. The summed E-state index contributed by atoms with van der Waals surface area (Å²) in [4.78, 5) is 14.1. The third kappa shape index (κ3) is 5.88. The van der Waals surface area contributed by atoms with Crippen LogP contribution in [-0.4, -0.2) is 37.1 Å². The monoisotopic (exact) mass is 263 g/mol. The molecule has 106 valence electrons. The number of esters is 1. The van der Waals surface area contributed by atoms with Gasteiger partial charge in [0.1, 0.15) is 0 Å². The molecule has 0 aliphatic carbocycles. The van der Waals surface area contributed by atoms with Gasteiger partial charge >= 0.3 is 5.97 Å². The van der Waals surface area contributed by atoms with Crippen molar-refractivity contribution < 1.29 is 9.53 Å². The Balaban J connectivity index is 2.25. The molecule has 0 saturated carbocycles. The number of ether oxygens (including phenoxy) is 1. The molecule has 0 saturated heterocycles. The highest BCUT2D eigenvalue weighted by Crippen LogP contribution is 2.07. The Bertz CT molecular complexity index is 360. The third-order valence-electron chi connectivity index (χ3n) is 3.32. The van der Waals surface area contributed by atoms with Crippen LogP contribution in [0.1, 0.15) is 37.6 Å². The fourth-order valence-corrected chi connectivity index (χ4v) is 2.02. The van der Waals surface area contributed by atoms with Gasteiger partial charge in [-0.1, -0.05) is 39.0 Å². The van der Waals surface area contributed by atoms with Crippen molar-refractivity contribution >= 4 is 5.97 Å². The molecule has 0 amide bonds. The van der Waals surface area contributed by atoms with Gasteiger partial charge in [0.05, 0.1) is 12.2 Å². The van der Waals surface area contributed by atoms with Crippen molar-refractivity contribution in [3.63, 3.8) is 0 Å². The maximum atomic E-state index is 11.7. The van der Waals surface area contributed by atoms with Gasteiger partial charge in [-0.15, -0.1) is 0 Å². The van der Waals surface area contributed by atoms with E-state index in [0.29, 0.717) is 18.1 Å². The van der Waals surface area contributed by atoms with Crippen LogP contribution in [0.15, 0.2) is 30.3 Å². The number of nitrogens with zero attached hydrogens (tertiary/aromatic N) is 1. The quantitative estimate of drug-likeness (QED) is 0.674. The highest BCUT2D eigenvalue weighted by molar-refractivity contribution is 5.89. The maximum Gasteiger partial charge on any atom is 0.338 e. The van der Waals surface area contributed by atoms with Gasteiger partial charge in [-0.25, -0.2) is 4.79 Å². The van der Waals surface area contributed by atoms with E-state index in [1.165, 1.54) is 0 Å². The molecular weight excluding hydrogens is 238 g/mol. The summed E-state index contributed by atoms with van der Waals surface area (Å²) in [5.41, 5.74) is 0.624. The van der Waals surface area contributed by atoms with Crippen LogP contribution in [0.5, 0.6) is 0 Å². The lowest BCUT2D eigenvalue weighted by molar-refractivity contribution is 0.0478. The van der Waals surface area contributed by atoms with Crippen molar-refractivity contribution in [3.05, 3.63) is 35.9 Å². The van der Waals surface area contributed by atoms with Crippen molar-refractivity contribution in [1.29, 1.82) is 0 Å². The fourth-order valence-electron chi connectivity index (χ4n) is 2.02. The SMILES string of the molecule is CCN(CC)CC(C)CCOC(=O)c1ccccc1. The molecule has 0 aliphatic heterocycles. The number of hydrogen-bond acceptors (Lipinski definition) is 3. The van der Waals surface area contributed by atoms with E-state index in [-0.39, 0.29) is 5.97 Å². The first kappa shape index (κ1) is 15.7. The van der Waals surface area contributed by atoms with Crippen LogP contribution < -0.4 is 0 Å². The summed E-state index contributed by atoms with van der Waals surface area (Å²) < 4.78 is 5.29. The van der Waals surface area contributed by atoms with Gasteiger partial charge in [0, 0.05) is 6.54 Å². The van der Waals surface area contributed by atoms with E-state index in [9.17, 15) is 4.79 Å². The minimum Gasteiger partial charge on any atom is -0.462 e. The number of carbonyl (C=O) groups is 1. The summed E-state index contributed by atoms with van der Waals surface area (Å²) in [5.74, 6) is 0.319. The standard InChI is InChI=1S/C16H25NO2/c1-4-17(5-2)13-14(3)11-12-19-16(18)15-9-7-6-8-10-15/h6-10,14H,4-5,11-13H2,1-3H3. The van der Waals surface area contributed by atoms with E-state index >= 15 is 0 Å². The predicted octanol–water partition coefficient (Wildman–Crippen LogP) is 3.21. The Morgan fingerprint density at radius 3 is 2.42 bits per heavy atom. The van der Waals surface area contributed by atoms with Crippen molar-refractivity contribution in [3.8, 4) is 0 Å². The van der Waals surface area contributed by atoms with Crippen LogP contribution in [0.3, 0.4) is 0 Å². The molecule has 19 heavy (non-hydrogen) atoms. The van der Waals surface area contributed by atoms with Crippen LogP contribution in [0, 0.1) is 5.92 Å². The zero-order valence-electron chi connectivity index (χ0n) is 12.3. The highest BCUT2D eigenvalue weighted by atomic mass is 16.5. The first-order valence-corrected chi connectivity index (χ1v) is 7.11. The van der Waals surface area contributed by atoms with Gasteiger partial charge in [-0.2, -0.15) is 0 Å². The highest BCUT2D eigenvalue weighted by Gasteiger charge is 2.10. The normalized spacial score (nSPS) is 12.4. The molecule has 1 aromatic carbocycles. The van der Waals surface area contributed by atoms with Gasteiger partial charge in [-0.05, 0) is 37.6 Å². The zero-order valence-corrected chi connectivity index (χ0v) is 12.3. The molecule has 0 bridgehead atoms. The summed E-state index contributed by atoms with van der Waals surface area (Å²) >= 11 is 0. The Morgan fingerprint density at radius 2 is 1.84 bits per heavy atom. The minimum absolute atomic E-state index is 0.226. The number of rotatable bonds is 8. The van der Waals surface area contributed by atoms with Gasteiger partial charge in [0.2, 0.25) is 0 Å². The largest absolute Gasteiger partial charge is 0.462 e. The van der Waals surface area contributed by atoms with Crippen molar-refractivity contribution in [1.82, 2.24) is 4.90 Å². The molecule has 0 N–H and O–H groups in total. The second-order valence-electron chi connectivity index (χ2n) is 4.88. The molecule has 0 heterocycles. The molecule has 3 nitrogen and oxygen atoms in total. The van der Waals surface area contributed by atoms with Crippen LogP contribution >= 0.6 is 0 Å². The first-order valence-electron chi connectivity index (χ1n) is 7.11. The number of hydrogen-bond donors (Lipinski definition) is 0. The Labute approximate surface area is 116 Å². The predicted molar refractivity (Wildman–Crippen MR) is 78.3 cm³/mol. The topological polar surface area (TPSA) is 29.5 Å². The molecule has 0 spiro atoms. The Kier molecular flexibility index (Phi) is 7.19. The molecule has 0 fully saturated rings. The van der Waals surface area contributed by atoms with Crippen molar-refractivity contribution in [2.75, 3.05) is 26.2 Å². The summed E-state index contributed by atoms with van der Waals surface area (Å²) in [5, 5.41) is 0. The second kappa shape index (κ2) is 8.70. The zero-order chi connectivity index (χ0) is 14.1. The van der Waals surface area contributed by atoms with Crippen molar-refractivity contribution in [2.24, 2.45) is 5.92 Å². The van der Waals surface area contributed by atoms with E-state index in [1.54, 1.807) is 12.1 Å². The Morgan fingerprint density at radius 1 is 1.21 bits per heavy atom. The molecule has 1 rings (SSSR count).